The molecule has 0 atom stereocenters. The molecule has 3 aromatic carbocycles. The molecule has 0 saturated carbocycles. The fourth-order valence-electron chi connectivity index (χ4n) is 3.29. The average Bonchev–Trinajstić information content (AvgIpc) is 3.38. The second-order valence-corrected chi connectivity index (χ2v) is 10.9. The number of esters is 3. The molecule has 1 heterocycles. The van der Waals surface area contributed by atoms with Gasteiger partial charge in [-0.25, -0.2) is 4.79 Å². The lowest BCUT2D eigenvalue weighted by Crippen LogP contribution is -2.16. The smallest absolute Gasteiger partial charge is 0.347 e. The zero-order valence-corrected chi connectivity index (χ0v) is 22.9. The van der Waals surface area contributed by atoms with Crippen LogP contribution in [-0.2, 0) is 21.0 Å². The van der Waals surface area contributed by atoms with Gasteiger partial charge in [0.05, 0.1) is 12.8 Å². The Morgan fingerprint density at radius 1 is 0.800 bits per heavy atom. The van der Waals surface area contributed by atoms with Crippen molar-refractivity contribution in [3.63, 3.8) is 0 Å². The van der Waals surface area contributed by atoms with Crippen LogP contribution in [0.25, 0.3) is 10.4 Å². The number of nitrogens with zero attached hydrogens (tertiary/aromatic N) is 1. The summed E-state index contributed by atoms with van der Waals surface area (Å²) in [6.07, 6.45) is -0.573. The molecule has 0 unspecified atom stereocenters. The quantitative estimate of drug-likeness (QED) is 0.0476. The van der Waals surface area contributed by atoms with E-state index in [2.05, 4.69) is 4.84 Å². The Bertz CT molecular complexity index is 1580. The maximum absolute atomic E-state index is 12.8. The van der Waals surface area contributed by atoms with E-state index in [4.69, 9.17) is 26.4 Å². The number of carbonyl (C=O) groups is 3. The van der Waals surface area contributed by atoms with Gasteiger partial charge < -0.3 is 19.0 Å². The molecule has 0 spiro atoms. The van der Waals surface area contributed by atoms with Gasteiger partial charge in [0.15, 0.2) is 0 Å². The highest BCUT2D eigenvalue weighted by Gasteiger charge is 2.18. The van der Waals surface area contributed by atoms with Crippen LogP contribution in [0.15, 0.2) is 78.9 Å². The summed E-state index contributed by atoms with van der Waals surface area (Å²) in [5, 5.41) is 9.35. The zero-order chi connectivity index (χ0) is 28.5. The number of para-hydroxylation sites is 1. The fraction of sp³-hybridized carbons (Fsp3) is 0.111. The minimum absolute atomic E-state index is 0.00642. The molecule has 0 saturated heterocycles. The highest BCUT2D eigenvalue weighted by molar-refractivity contribution is 7.80. The third-order valence-electron chi connectivity index (χ3n) is 5.17. The van der Waals surface area contributed by atoms with Crippen LogP contribution in [0.5, 0.6) is 17.2 Å². The summed E-state index contributed by atoms with van der Waals surface area (Å²) >= 11 is 5.17. The molecule has 0 fully saturated rings. The average molecular weight is 598 g/mol. The molecule has 40 heavy (non-hydrogen) atoms. The van der Waals surface area contributed by atoms with Crippen LogP contribution in [0.3, 0.4) is 0 Å². The Balaban J connectivity index is 1.28. The van der Waals surface area contributed by atoms with Crippen LogP contribution >= 0.6 is 32.9 Å². The molecule has 0 amide bonds. The third kappa shape index (κ3) is 8.27. The second kappa shape index (κ2) is 13.6. The zero-order valence-electron chi connectivity index (χ0n) is 20.5. The Hall–Kier alpha value is -4.46. The molecule has 1 aromatic heterocycles. The van der Waals surface area contributed by atoms with Gasteiger partial charge in [-0.3, -0.25) is 9.59 Å². The van der Waals surface area contributed by atoms with Crippen molar-refractivity contribution < 1.29 is 38.5 Å². The van der Waals surface area contributed by atoms with Gasteiger partial charge in [0.2, 0.25) is 0 Å². The summed E-state index contributed by atoms with van der Waals surface area (Å²) < 4.78 is 16.7. The van der Waals surface area contributed by atoms with E-state index in [0.717, 1.165) is 14.3 Å². The Morgan fingerprint density at radius 3 is 2.08 bits per heavy atom. The van der Waals surface area contributed by atoms with E-state index in [1.807, 2.05) is 18.2 Å². The molecule has 4 aromatic rings. The maximum atomic E-state index is 12.8. The van der Waals surface area contributed by atoms with Gasteiger partial charge in [-0.2, -0.15) is 0 Å². The van der Waals surface area contributed by atoms with E-state index in [0.29, 0.717) is 11.3 Å². The van der Waals surface area contributed by atoms with E-state index in [-0.39, 0.29) is 36.5 Å². The monoisotopic (exact) mass is 597 g/mol. The molecule has 10 nitrogen and oxygen atoms in total. The Kier molecular flexibility index (Phi) is 9.67. The van der Waals surface area contributed by atoms with Gasteiger partial charge in [0.25, 0.3) is 5.09 Å². The van der Waals surface area contributed by atoms with Crippen LogP contribution < -0.4 is 14.2 Å². The first-order valence-electron chi connectivity index (χ1n) is 11.6. The van der Waals surface area contributed by atoms with Crippen LogP contribution in [0.2, 0.25) is 0 Å². The van der Waals surface area contributed by atoms with Crippen molar-refractivity contribution >= 4 is 50.8 Å². The fourth-order valence-corrected chi connectivity index (χ4v) is 5.69. The lowest BCUT2D eigenvalue weighted by molar-refractivity contribution is -0.763. The van der Waals surface area contributed by atoms with Crippen molar-refractivity contribution in [2.24, 2.45) is 0 Å². The molecule has 0 aliphatic carbocycles. The van der Waals surface area contributed by atoms with E-state index < -0.39 is 23.0 Å². The SMILES string of the molecule is O=C(CCC(=O)Oc1ccccc1C(=O)Oc1ccc(-c2cc(=S)ss2)cc1)Oc1ccc(CO[N+](=O)[O-])cc1. The standard InChI is InChI=1S/C27H19NO9S3/c29-24(35-19-9-5-17(6-10-19)16-34-28(32)33)13-14-25(30)37-22-4-2-1-3-21(22)27(31)36-20-11-7-18(8-12-20)23-15-26(38)40-39-23/h1-12,15H,13-14,16H2. The first-order valence-corrected chi connectivity index (χ1v) is 14.1. The first kappa shape index (κ1) is 28.5. The largest absolute Gasteiger partial charge is 0.427 e. The van der Waals surface area contributed by atoms with Gasteiger partial charge >= 0.3 is 17.9 Å². The predicted octanol–water partition coefficient (Wildman–Crippen LogP) is 6.42. The molecular weight excluding hydrogens is 578 g/mol. The molecule has 0 aliphatic rings. The Morgan fingerprint density at radius 2 is 1.43 bits per heavy atom. The summed E-state index contributed by atoms with van der Waals surface area (Å²) in [6.45, 7) is -0.235. The number of rotatable bonds is 11. The topological polar surface area (TPSA) is 131 Å². The van der Waals surface area contributed by atoms with Crippen molar-refractivity contribution in [2.45, 2.75) is 19.4 Å². The normalized spacial score (nSPS) is 10.4. The van der Waals surface area contributed by atoms with Crippen molar-refractivity contribution in [2.75, 3.05) is 0 Å². The highest BCUT2D eigenvalue weighted by atomic mass is 32.9. The van der Waals surface area contributed by atoms with Crippen LogP contribution in [0.1, 0.15) is 28.8 Å². The lowest BCUT2D eigenvalue weighted by atomic mass is 10.2. The lowest BCUT2D eigenvalue weighted by Gasteiger charge is -2.10. The van der Waals surface area contributed by atoms with Gasteiger partial charge in [-0.15, -0.1) is 10.1 Å². The van der Waals surface area contributed by atoms with E-state index in [1.54, 1.807) is 34.6 Å². The minimum atomic E-state index is -0.905. The van der Waals surface area contributed by atoms with Crippen molar-refractivity contribution in [1.29, 1.82) is 0 Å². The minimum Gasteiger partial charge on any atom is -0.427 e. The molecule has 0 N–H and O–H groups in total. The summed E-state index contributed by atoms with van der Waals surface area (Å²) in [5.74, 6) is -1.64. The summed E-state index contributed by atoms with van der Waals surface area (Å²) in [6, 6.07) is 20.9. The summed E-state index contributed by atoms with van der Waals surface area (Å²) in [5.41, 5.74) is 1.50. The molecule has 204 valence electrons. The third-order valence-corrected chi connectivity index (χ3v) is 8.08. The maximum Gasteiger partial charge on any atom is 0.347 e. The molecule has 13 heteroatoms. The van der Waals surface area contributed by atoms with E-state index in [1.165, 1.54) is 46.7 Å². The molecule has 0 aliphatic heterocycles. The number of benzene rings is 3. The molecule has 4 rings (SSSR count). The molecule has 0 bridgehead atoms. The van der Waals surface area contributed by atoms with Crippen LogP contribution in [0.4, 0.5) is 0 Å². The Labute approximate surface area is 239 Å². The van der Waals surface area contributed by atoms with Crippen molar-refractivity contribution in [3.8, 4) is 27.7 Å². The highest BCUT2D eigenvalue weighted by Crippen LogP contribution is 2.31. The van der Waals surface area contributed by atoms with Gasteiger partial charge in [0, 0.05) is 4.88 Å². The summed E-state index contributed by atoms with van der Waals surface area (Å²) in [4.78, 5) is 52.9. The van der Waals surface area contributed by atoms with E-state index >= 15 is 0 Å². The first-order chi connectivity index (χ1) is 19.3. The number of hydrogen-bond acceptors (Lipinski definition) is 12. The van der Waals surface area contributed by atoms with Crippen molar-refractivity contribution in [3.05, 3.63) is 104 Å². The van der Waals surface area contributed by atoms with Crippen LogP contribution in [-0.4, -0.2) is 23.0 Å². The molecular formula is C27H19NO9S3. The van der Waals surface area contributed by atoms with E-state index in [9.17, 15) is 24.5 Å². The van der Waals surface area contributed by atoms with Gasteiger partial charge in [-0.05, 0) is 65.7 Å². The summed E-state index contributed by atoms with van der Waals surface area (Å²) in [7, 11) is 3.07. The van der Waals surface area contributed by atoms with Gasteiger partial charge in [0.1, 0.15) is 33.2 Å². The van der Waals surface area contributed by atoms with Crippen molar-refractivity contribution in [1.82, 2.24) is 0 Å². The second-order valence-electron chi connectivity index (χ2n) is 7.99. The van der Waals surface area contributed by atoms with Crippen LogP contribution in [0, 0.1) is 13.9 Å². The molecule has 0 radical (unpaired) electrons. The number of hydrogen-bond donors (Lipinski definition) is 0. The number of ether oxygens (including phenoxy) is 3. The van der Waals surface area contributed by atoms with Gasteiger partial charge in [-0.1, -0.05) is 57.2 Å². The predicted molar refractivity (Wildman–Crippen MR) is 149 cm³/mol. The number of carbonyl (C=O) groups excluding carboxylic acids is 3.